The lowest BCUT2D eigenvalue weighted by Crippen LogP contribution is -2.31. The fourth-order valence-electron chi connectivity index (χ4n) is 1.76. The third-order valence-corrected chi connectivity index (χ3v) is 2.61. The number of methoxy groups -OCH3 is 1. The summed E-state index contributed by atoms with van der Waals surface area (Å²) in [7, 11) is 1.45. The van der Waals surface area contributed by atoms with Gasteiger partial charge in [-0.1, -0.05) is 18.2 Å². The highest BCUT2D eigenvalue weighted by Gasteiger charge is 2.23. The Morgan fingerprint density at radius 1 is 1.44 bits per heavy atom. The summed E-state index contributed by atoms with van der Waals surface area (Å²) in [6.07, 6.45) is 0. The predicted octanol–water partition coefficient (Wildman–Crippen LogP) is 1.10. The van der Waals surface area contributed by atoms with Gasteiger partial charge in [0.05, 0.1) is 0 Å². The normalized spacial score (nSPS) is 17.4. The third-order valence-electron chi connectivity index (χ3n) is 2.61. The van der Waals surface area contributed by atoms with Crippen molar-refractivity contribution in [1.82, 2.24) is 5.32 Å². The molecule has 0 fully saturated rings. The van der Waals surface area contributed by atoms with Crippen LogP contribution in [0.4, 0.5) is 0 Å². The van der Waals surface area contributed by atoms with Crippen molar-refractivity contribution in [2.45, 2.75) is 6.04 Å². The largest absolute Gasteiger partial charge is 0.375 e. The molecule has 0 saturated heterocycles. The lowest BCUT2D eigenvalue weighted by molar-refractivity contribution is -0.124. The van der Waals surface area contributed by atoms with Crippen LogP contribution in [-0.2, 0) is 9.53 Å². The van der Waals surface area contributed by atoms with E-state index in [1.165, 1.54) is 7.11 Å². The Balaban J connectivity index is 2.08. The summed E-state index contributed by atoms with van der Waals surface area (Å²) in [5.74, 6) is -0.563. The van der Waals surface area contributed by atoms with Crippen LogP contribution in [-0.4, -0.2) is 32.1 Å². The van der Waals surface area contributed by atoms with Crippen LogP contribution in [0.25, 0.3) is 0 Å². The molecule has 6 heteroatoms. The summed E-state index contributed by atoms with van der Waals surface area (Å²) >= 11 is 0. The van der Waals surface area contributed by atoms with Gasteiger partial charge in [0.25, 0.3) is 5.91 Å². The van der Waals surface area contributed by atoms with Crippen molar-refractivity contribution < 1.29 is 14.3 Å². The lowest BCUT2D eigenvalue weighted by Gasteiger charge is -2.18. The zero-order valence-electron chi connectivity index (χ0n) is 9.92. The molecule has 2 rings (SSSR count). The van der Waals surface area contributed by atoms with Gasteiger partial charge in [0.1, 0.15) is 12.6 Å². The molecule has 18 heavy (non-hydrogen) atoms. The molecule has 1 unspecified atom stereocenters. The molecule has 1 aliphatic rings. The van der Waals surface area contributed by atoms with Gasteiger partial charge in [-0.3, -0.25) is 9.59 Å². The van der Waals surface area contributed by atoms with Gasteiger partial charge in [-0.25, -0.2) is 0 Å². The second kappa shape index (κ2) is 5.50. The molecule has 1 atom stereocenters. The van der Waals surface area contributed by atoms with E-state index in [-0.39, 0.29) is 24.5 Å². The number of fused-ring (bicyclic) bond motifs is 1. The van der Waals surface area contributed by atoms with Crippen LogP contribution < -0.4 is 5.32 Å². The zero-order chi connectivity index (χ0) is 13.0. The van der Waals surface area contributed by atoms with Crippen molar-refractivity contribution >= 4 is 11.8 Å². The van der Waals surface area contributed by atoms with Gasteiger partial charge in [0.2, 0.25) is 5.91 Å². The van der Waals surface area contributed by atoms with Crippen molar-refractivity contribution in [2.75, 3.05) is 20.3 Å². The Bertz CT molecular complexity index is 499. The Hall–Kier alpha value is -2.08. The number of amides is 2. The minimum absolute atomic E-state index is 0.00440. The molecule has 0 spiro atoms. The quantitative estimate of drug-likeness (QED) is 0.865. The fraction of sp³-hybridized carbons (Fsp3) is 0.333. The van der Waals surface area contributed by atoms with Gasteiger partial charge in [-0.15, -0.1) is 5.11 Å². The first-order valence-corrected chi connectivity index (χ1v) is 5.52. The van der Waals surface area contributed by atoms with Gasteiger partial charge >= 0.3 is 0 Å². The molecule has 2 amide bonds. The molecule has 1 aromatic carbocycles. The van der Waals surface area contributed by atoms with E-state index in [1.807, 2.05) is 12.1 Å². The van der Waals surface area contributed by atoms with Crippen molar-refractivity contribution in [3.05, 3.63) is 35.4 Å². The minimum atomic E-state index is -0.343. The number of hydrogen-bond acceptors (Lipinski definition) is 4. The van der Waals surface area contributed by atoms with Crippen LogP contribution in [0.1, 0.15) is 22.0 Å². The van der Waals surface area contributed by atoms with E-state index in [0.717, 1.165) is 5.56 Å². The summed E-state index contributed by atoms with van der Waals surface area (Å²) in [6.45, 7) is 0.306. The molecule has 0 aromatic heterocycles. The Kier molecular flexibility index (Phi) is 3.78. The number of hydrogen-bond donors (Lipinski definition) is 1. The number of rotatable bonds is 4. The standard InChI is InChI=1S/C12H13N3O3/c1-18-7-11(16)13-6-10-8-4-2-3-5-9(8)12(17)15-14-10/h2-5,10H,6-7H2,1H3,(H,13,16). The number of nitrogens with one attached hydrogen (secondary N) is 1. The third kappa shape index (κ3) is 2.60. The maximum absolute atomic E-state index is 11.5. The average molecular weight is 247 g/mol. The first kappa shape index (κ1) is 12.4. The van der Waals surface area contributed by atoms with Crippen LogP contribution in [0, 0.1) is 0 Å². The highest BCUT2D eigenvalue weighted by Crippen LogP contribution is 2.26. The SMILES string of the molecule is COCC(=O)NCC1N=NC(=O)c2ccccc21. The number of benzene rings is 1. The summed E-state index contributed by atoms with van der Waals surface area (Å²) in [4.78, 5) is 22.8. The van der Waals surface area contributed by atoms with E-state index in [4.69, 9.17) is 4.74 Å². The maximum atomic E-state index is 11.5. The molecule has 0 bridgehead atoms. The number of azo groups is 1. The molecule has 6 nitrogen and oxygen atoms in total. The van der Waals surface area contributed by atoms with Gasteiger partial charge in [-0.05, 0) is 11.6 Å². The van der Waals surface area contributed by atoms with Crippen LogP contribution in [0.3, 0.4) is 0 Å². The van der Waals surface area contributed by atoms with E-state index in [9.17, 15) is 9.59 Å². The number of carbonyl (C=O) groups is 2. The first-order valence-electron chi connectivity index (χ1n) is 5.52. The zero-order valence-corrected chi connectivity index (χ0v) is 9.92. The predicted molar refractivity (Wildman–Crippen MR) is 63.3 cm³/mol. The second-order valence-electron chi connectivity index (χ2n) is 3.86. The van der Waals surface area contributed by atoms with Crippen molar-refractivity contribution in [2.24, 2.45) is 10.2 Å². The maximum Gasteiger partial charge on any atom is 0.295 e. The first-order chi connectivity index (χ1) is 8.72. The van der Waals surface area contributed by atoms with Crippen LogP contribution >= 0.6 is 0 Å². The lowest BCUT2D eigenvalue weighted by atomic mass is 9.99. The molecule has 1 N–H and O–H groups in total. The van der Waals surface area contributed by atoms with Crippen LogP contribution in [0.5, 0.6) is 0 Å². The summed E-state index contributed by atoms with van der Waals surface area (Å²) in [5, 5.41) is 10.2. The number of carbonyl (C=O) groups excluding carboxylic acids is 2. The second-order valence-corrected chi connectivity index (χ2v) is 3.86. The molecular weight excluding hydrogens is 234 g/mol. The van der Waals surface area contributed by atoms with E-state index >= 15 is 0 Å². The highest BCUT2D eigenvalue weighted by atomic mass is 16.5. The van der Waals surface area contributed by atoms with Gasteiger partial charge < -0.3 is 10.1 Å². The monoisotopic (exact) mass is 247 g/mol. The van der Waals surface area contributed by atoms with Crippen molar-refractivity contribution in [3.63, 3.8) is 0 Å². The Morgan fingerprint density at radius 3 is 3.00 bits per heavy atom. The number of ether oxygens (including phenoxy) is 1. The van der Waals surface area contributed by atoms with Crippen LogP contribution in [0.15, 0.2) is 34.5 Å². The van der Waals surface area contributed by atoms with E-state index < -0.39 is 0 Å². The Morgan fingerprint density at radius 2 is 2.22 bits per heavy atom. The molecular formula is C12H13N3O3. The van der Waals surface area contributed by atoms with Gasteiger partial charge in [0.15, 0.2) is 0 Å². The number of nitrogens with zero attached hydrogens (tertiary/aromatic N) is 2. The molecule has 1 heterocycles. The summed E-state index contributed by atoms with van der Waals surface area (Å²) < 4.78 is 4.71. The Labute approximate surface area is 104 Å². The highest BCUT2D eigenvalue weighted by molar-refractivity contribution is 5.97. The smallest absolute Gasteiger partial charge is 0.295 e. The average Bonchev–Trinajstić information content (AvgIpc) is 2.39. The minimum Gasteiger partial charge on any atom is -0.375 e. The van der Waals surface area contributed by atoms with E-state index in [1.54, 1.807) is 12.1 Å². The summed E-state index contributed by atoms with van der Waals surface area (Å²) in [5.41, 5.74) is 1.33. The van der Waals surface area contributed by atoms with Crippen molar-refractivity contribution in [3.8, 4) is 0 Å². The van der Waals surface area contributed by atoms with E-state index in [0.29, 0.717) is 12.1 Å². The molecule has 0 radical (unpaired) electrons. The van der Waals surface area contributed by atoms with E-state index in [2.05, 4.69) is 15.5 Å². The van der Waals surface area contributed by atoms with Gasteiger partial charge in [0, 0.05) is 19.2 Å². The molecule has 1 aromatic rings. The molecule has 1 aliphatic heterocycles. The van der Waals surface area contributed by atoms with Gasteiger partial charge in [-0.2, -0.15) is 5.11 Å². The van der Waals surface area contributed by atoms with Crippen LogP contribution in [0.2, 0.25) is 0 Å². The molecule has 94 valence electrons. The molecule has 0 saturated carbocycles. The van der Waals surface area contributed by atoms with Crippen molar-refractivity contribution in [1.29, 1.82) is 0 Å². The summed E-state index contributed by atoms with van der Waals surface area (Å²) in [6, 6.07) is 6.81. The topological polar surface area (TPSA) is 80.1 Å². The fourth-order valence-corrected chi connectivity index (χ4v) is 1.76. The molecule has 0 aliphatic carbocycles.